The van der Waals surface area contributed by atoms with Crippen LogP contribution in [0, 0.1) is 0 Å². The molecule has 1 N–H and O–H groups in total. The maximum atomic E-state index is 12.7. The van der Waals surface area contributed by atoms with Gasteiger partial charge in [0, 0.05) is 19.3 Å². The van der Waals surface area contributed by atoms with Gasteiger partial charge in [0.1, 0.15) is 6.61 Å². The van der Waals surface area contributed by atoms with Gasteiger partial charge in [0.05, 0.1) is 34.4 Å². The summed E-state index contributed by atoms with van der Waals surface area (Å²) in [6.45, 7) is 4.50. The summed E-state index contributed by atoms with van der Waals surface area (Å²) in [5.74, 6) is -1.49. The summed E-state index contributed by atoms with van der Waals surface area (Å²) in [6.07, 6.45) is 53.7. The van der Waals surface area contributed by atoms with Crippen LogP contribution in [-0.2, 0) is 28.6 Å². The van der Waals surface area contributed by atoms with Crippen LogP contribution in [0.25, 0.3) is 0 Å². The van der Waals surface area contributed by atoms with E-state index in [4.69, 9.17) is 14.2 Å². The molecule has 0 amide bonds. The molecule has 0 aromatic rings. The average Bonchev–Trinajstić information content (AvgIpc) is 3.21. The quantitative estimate of drug-likeness (QED) is 0.0283. The Bertz CT molecular complexity index is 1210. The van der Waals surface area contributed by atoms with Crippen LogP contribution in [0.2, 0.25) is 0 Å². The molecular weight excluding hydrogens is 751 g/mol. The lowest BCUT2D eigenvalue weighted by Crippen LogP contribution is -2.50. The largest absolute Gasteiger partial charge is 0.477 e. The van der Waals surface area contributed by atoms with Crippen LogP contribution < -0.4 is 0 Å². The Labute approximate surface area is 368 Å². The van der Waals surface area contributed by atoms with E-state index < -0.39 is 18.1 Å². The Hall–Kier alpha value is -3.23. The molecule has 0 bridgehead atoms. The van der Waals surface area contributed by atoms with Gasteiger partial charge in [0.2, 0.25) is 0 Å². The lowest BCUT2D eigenvalue weighted by Gasteiger charge is -2.31. The molecule has 0 rings (SSSR count). The highest BCUT2D eigenvalue weighted by Crippen LogP contribution is 2.14. The molecule has 2 atom stereocenters. The van der Waals surface area contributed by atoms with Crippen molar-refractivity contribution in [3.05, 3.63) is 72.9 Å². The molecule has 0 heterocycles. The van der Waals surface area contributed by atoms with E-state index >= 15 is 0 Å². The van der Waals surface area contributed by atoms with Crippen molar-refractivity contribution in [1.29, 1.82) is 0 Å². The molecule has 0 radical (unpaired) electrons. The first-order valence-electron chi connectivity index (χ1n) is 24.0. The van der Waals surface area contributed by atoms with Crippen LogP contribution in [0.3, 0.4) is 0 Å². The zero-order valence-electron chi connectivity index (χ0n) is 39.1. The van der Waals surface area contributed by atoms with E-state index in [1.807, 2.05) is 21.1 Å². The molecule has 0 aliphatic rings. The standard InChI is InChI=1S/C52H89NO7/c1-6-8-10-12-14-16-18-20-22-23-24-25-26-27-28-29-31-32-34-36-38-40-42-50(54)59-47-48(46-58-45-44-49(52(56)57)53(3,4)5)60-51(55)43-41-39-37-35-33-30-21-19-17-15-13-11-9-7-2/h8-11,14-17,20,22,24-25,48-49H,6-7,12-13,18-19,21,23,26-47H2,1-5H3/p+1/b10-8+,11-9+,16-14+,17-15+,22-20+,25-24+. The second-order valence-corrected chi connectivity index (χ2v) is 17.0. The van der Waals surface area contributed by atoms with E-state index in [0.717, 1.165) is 89.9 Å². The number of hydrogen-bond acceptors (Lipinski definition) is 6. The number of carboxylic acids is 1. The van der Waals surface area contributed by atoms with E-state index in [0.29, 0.717) is 19.3 Å². The number of rotatable bonds is 42. The molecule has 344 valence electrons. The van der Waals surface area contributed by atoms with Crippen LogP contribution in [0.1, 0.15) is 187 Å². The molecular formula is C52H90NO7+. The van der Waals surface area contributed by atoms with Crippen LogP contribution in [0.4, 0.5) is 0 Å². The van der Waals surface area contributed by atoms with Crippen molar-refractivity contribution in [3.63, 3.8) is 0 Å². The molecule has 0 aromatic carbocycles. The number of carbonyl (C=O) groups is 3. The monoisotopic (exact) mass is 841 g/mol. The Morgan fingerprint density at radius 2 is 0.883 bits per heavy atom. The highest BCUT2D eigenvalue weighted by Gasteiger charge is 2.31. The van der Waals surface area contributed by atoms with Crippen molar-refractivity contribution in [1.82, 2.24) is 0 Å². The van der Waals surface area contributed by atoms with Gasteiger partial charge in [-0.3, -0.25) is 9.59 Å². The summed E-state index contributed by atoms with van der Waals surface area (Å²) >= 11 is 0. The molecule has 0 saturated carbocycles. The predicted octanol–water partition coefficient (Wildman–Crippen LogP) is 13.5. The molecule has 0 aliphatic carbocycles. The number of hydrogen-bond donors (Lipinski definition) is 1. The molecule has 0 aliphatic heterocycles. The zero-order valence-corrected chi connectivity index (χ0v) is 39.1. The van der Waals surface area contributed by atoms with Gasteiger partial charge >= 0.3 is 17.9 Å². The molecule has 8 heteroatoms. The summed E-state index contributed by atoms with van der Waals surface area (Å²) in [5.41, 5.74) is 0. The lowest BCUT2D eigenvalue weighted by atomic mass is 10.1. The Morgan fingerprint density at radius 1 is 0.500 bits per heavy atom. The van der Waals surface area contributed by atoms with Crippen molar-refractivity contribution in [2.45, 2.75) is 199 Å². The number of allylic oxidation sites excluding steroid dienone is 12. The SMILES string of the molecule is CC/C=C/C/C=C/C/C=C/C/C=C/CCCCCCCCCCCC(=O)OCC(COCCC(C(=O)O)[N+](C)(C)C)OC(=O)CCCCCCCCC/C=C/C/C=C/CC. The fourth-order valence-electron chi connectivity index (χ4n) is 6.71. The van der Waals surface area contributed by atoms with Gasteiger partial charge in [-0.05, 0) is 77.0 Å². The van der Waals surface area contributed by atoms with Gasteiger partial charge in [0.15, 0.2) is 12.1 Å². The third-order valence-corrected chi connectivity index (χ3v) is 10.4. The minimum absolute atomic E-state index is 0.0531. The Morgan fingerprint density at radius 3 is 1.30 bits per heavy atom. The fraction of sp³-hybridized carbons (Fsp3) is 0.712. The summed E-state index contributed by atoms with van der Waals surface area (Å²) < 4.78 is 17.3. The fourth-order valence-corrected chi connectivity index (χ4v) is 6.71. The lowest BCUT2D eigenvalue weighted by molar-refractivity contribution is -0.887. The number of quaternary nitrogens is 1. The number of carbonyl (C=O) groups excluding carboxylic acids is 2. The maximum Gasteiger partial charge on any atom is 0.362 e. The molecule has 0 saturated heterocycles. The number of carboxylic acid groups (broad SMARTS) is 1. The van der Waals surface area contributed by atoms with E-state index in [1.165, 1.54) is 64.2 Å². The van der Waals surface area contributed by atoms with E-state index in [2.05, 4.69) is 86.8 Å². The number of nitrogens with zero attached hydrogens (tertiary/aromatic N) is 1. The minimum atomic E-state index is -0.879. The second-order valence-electron chi connectivity index (χ2n) is 17.0. The second kappa shape index (κ2) is 42.5. The van der Waals surface area contributed by atoms with Crippen molar-refractivity contribution < 1.29 is 38.2 Å². The van der Waals surface area contributed by atoms with Gasteiger partial charge in [-0.15, -0.1) is 0 Å². The van der Waals surface area contributed by atoms with Gasteiger partial charge in [-0.25, -0.2) is 4.79 Å². The number of unbranched alkanes of at least 4 members (excludes halogenated alkanes) is 16. The van der Waals surface area contributed by atoms with E-state index in [1.54, 1.807) is 0 Å². The first kappa shape index (κ1) is 56.8. The number of likely N-dealkylation sites (N-methyl/N-ethyl adjacent to an activating group) is 1. The summed E-state index contributed by atoms with van der Waals surface area (Å²) in [4.78, 5) is 37.1. The Balaban J connectivity index is 4.27. The van der Waals surface area contributed by atoms with Gasteiger partial charge in [0.25, 0.3) is 0 Å². The first-order chi connectivity index (χ1) is 29.1. The predicted molar refractivity (Wildman–Crippen MR) is 252 cm³/mol. The average molecular weight is 841 g/mol. The third-order valence-electron chi connectivity index (χ3n) is 10.4. The first-order valence-corrected chi connectivity index (χ1v) is 24.0. The van der Waals surface area contributed by atoms with Gasteiger partial charge in [-0.1, -0.05) is 164 Å². The highest BCUT2D eigenvalue weighted by atomic mass is 16.6. The van der Waals surface area contributed by atoms with Gasteiger partial charge in [-0.2, -0.15) is 0 Å². The topological polar surface area (TPSA) is 99.1 Å². The smallest absolute Gasteiger partial charge is 0.362 e. The van der Waals surface area contributed by atoms with Crippen LogP contribution in [0.5, 0.6) is 0 Å². The van der Waals surface area contributed by atoms with Crippen LogP contribution in [0.15, 0.2) is 72.9 Å². The van der Waals surface area contributed by atoms with Gasteiger partial charge < -0.3 is 23.8 Å². The molecule has 60 heavy (non-hydrogen) atoms. The highest BCUT2D eigenvalue weighted by molar-refractivity contribution is 5.72. The number of esters is 2. The van der Waals surface area contributed by atoms with Crippen molar-refractivity contribution in [2.75, 3.05) is 41.0 Å². The zero-order chi connectivity index (χ0) is 44.2. The minimum Gasteiger partial charge on any atom is -0.477 e. The van der Waals surface area contributed by atoms with Crippen molar-refractivity contribution in [2.24, 2.45) is 0 Å². The van der Waals surface area contributed by atoms with Crippen molar-refractivity contribution >= 4 is 17.9 Å². The molecule has 0 fully saturated rings. The molecule has 0 aromatic heterocycles. The van der Waals surface area contributed by atoms with Crippen LogP contribution in [-0.4, -0.2) is 80.6 Å². The third kappa shape index (κ3) is 40.2. The molecule has 8 nitrogen and oxygen atoms in total. The molecule has 0 spiro atoms. The summed E-state index contributed by atoms with van der Waals surface area (Å²) in [5, 5.41) is 9.63. The number of ether oxygens (including phenoxy) is 3. The Kier molecular flexibility index (Phi) is 40.2. The van der Waals surface area contributed by atoms with Crippen molar-refractivity contribution in [3.8, 4) is 0 Å². The summed E-state index contributed by atoms with van der Waals surface area (Å²) in [7, 11) is 5.52. The molecule has 2 unspecified atom stereocenters. The summed E-state index contributed by atoms with van der Waals surface area (Å²) in [6, 6.07) is -0.620. The van der Waals surface area contributed by atoms with E-state index in [9.17, 15) is 19.5 Å². The normalized spacial score (nSPS) is 13.6. The maximum absolute atomic E-state index is 12.7. The van der Waals surface area contributed by atoms with E-state index in [-0.39, 0.29) is 36.2 Å². The number of aliphatic carboxylic acids is 1. The van der Waals surface area contributed by atoms with Crippen LogP contribution >= 0.6 is 0 Å².